The second-order valence-corrected chi connectivity index (χ2v) is 6.20. The lowest BCUT2D eigenvalue weighted by Gasteiger charge is -2.12. The van der Waals surface area contributed by atoms with Crippen LogP contribution in [0.15, 0.2) is 47.8 Å². The highest BCUT2D eigenvalue weighted by molar-refractivity contribution is 7.89. The van der Waals surface area contributed by atoms with Crippen LogP contribution in [0.4, 0.5) is 0 Å². The smallest absolute Gasteiger partial charge is 0.242 e. The van der Waals surface area contributed by atoms with Gasteiger partial charge in [-0.25, -0.2) is 13.1 Å². The molecule has 20 heavy (non-hydrogen) atoms. The molecule has 0 spiro atoms. The van der Waals surface area contributed by atoms with Crippen LogP contribution in [0.25, 0.3) is 0 Å². The van der Waals surface area contributed by atoms with Gasteiger partial charge in [-0.3, -0.25) is 4.98 Å². The van der Waals surface area contributed by atoms with Gasteiger partial charge in [-0.2, -0.15) is 0 Å². The summed E-state index contributed by atoms with van der Waals surface area (Å²) >= 11 is 0. The second-order valence-electron chi connectivity index (χ2n) is 4.43. The number of aliphatic hydroxyl groups is 1. The molecule has 2 N–H and O–H groups in total. The number of hydrogen-bond acceptors (Lipinski definition) is 4. The van der Waals surface area contributed by atoms with Crippen molar-refractivity contribution < 1.29 is 13.5 Å². The van der Waals surface area contributed by atoms with Crippen molar-refractivity contribution in [3.63, 3.8) is 0 Å². The van der Waals surface area contributed by atoms with Crippen LogP contribution >= 0.6 is 0 Å². The summed E-state index contributed by atoms with van der Waals surface area (Å²) in [5.41, 5.74) is 0.755. The fourth-order valence-electron chi connectivity index (χ4n) is 1.89. The van der Waals surface area contributed by atoms with Gasteiger partial charge in [0, 0.05) is 37.9 Å². The number of aromatic nitrogens is 2. The number of aliphatic hydroxyl groups excluding tert-OH is 1. The zero-order valence-electron chi connectivity index (χ0n) is 11.1. The lowest BCUT2D eigenvalue weighted by molar-refractivity contribution is 0.161. The van der Waals surface area contributed by atoms with E-state index in [1.807, 2.05) is 19.3 Å². The second kappa shape index (κ2) is 6.17. The summed E-state index contributed by atoms with van der Waals surface area (Å²) in [7, 11) is -1.73. The Morgan fingerprint density at radius 3 is 2.80 bits per heavy atom. The van der Waals surface area contributed by atoms with Gasteiger partial charge in [0.05, 0.1) is 6.10 Å². The molecule has 0 saturated carbocycles. The molecule has 0 aliphatic carbocycles. The van der Waals surface area contributed by atoms with Crippen LogP contribution in [0.3, 0.4) is 0 Å². The van der Waals surface area contributed by atoms with E-state index < -0.39 is 16.1 Å². The molecule has 0 aliphatic rings. The molecule has 0 aliphatic heterocycles. The van der Waals surface area contributed by atoms with E-state index in [-0.39, 0.29) is 11.4 Å². The molecular weight excluding hydrogens is 278 g/mol. The number of nitrogens with zero attached hydrogens (tertiary/aromatic N) is 2. The number of sulfonamides is 1. The fraction of sp³-hybridized carbons (Fsp3) is 0.308. The maximum atomic E-state index is 11.9. The Kier molecular flexibility index (Phi) is 4.53. The molecule has 0 amide bonds. The Hall–Kier alpha value is -1.70. The predicted octanol–water partition coefficient (Wildman–Crippen LogP) is 0.822. The van der Waals surface area contributed by atoms with Gasteiger partial charge in [-0.1, -0.05) is 0 Å². The maximum absolute atomic E-state index is 11.9. The highest BCUT2D eigenvalue weighted by Crippen LogP contribution is 2.16. The topological polar surface area (TPSA) is 84.2 Å². The van der Waals surface area contributed by atoms with Gasteiger partial charge < -0.3 is 9.67 Å². The molecule has 0 fully saturated rings. The SMILES string of the molecule is Cn1cccc1C(O)CCNS(=O)(=O)c1cccnc1. The molecule has 1 unspecified atom stereocenters. The average Bonchev–Trinajstić information content (AvgIpc) is 2.86. The van der Waals surface area contributed by atoms with Gasteiger partial charge in [0.25, 0.3) is 0 Å². The third-order valence-corrected chi connectivity index (χ3v) is 4.43. The Balaban J connectivity index is 1.92. The van der Waals surface area contributed by atoms with Crippen molar-refractivity contribution in [3.05, 3.63) is 48.5 Å². The van der Waals surface area contributed by atoms with Crippen molar-refractivity contribution in [1.82, 2.24) is 14.3 Å². The third-order valence-electron chi connectivity index (χ3n) is 2.98. The molecule has 2 aromatic rings. The van der Waals surface area contributed by atoms with Crippen LogP contribution in [-0.2, 0) is 17.1 Å². The van der Waals surface area contributed by atoms with Crippen molar-refractivity contribution in [2.24, 2.45) is 7.05 Å². The Bertz CT molecular complexity index is 653. The quantitative estimate of drug-likeness (QED) is 0.826. The molecular formula is C13H17N3O3S. The first kappa shape index (κ1) is 14.7. The van der Waals surface area contributed by atoms with Gasteiger partial charge in [0.15, 0.2) is 0 Å². The fourth-order valence-corrected chi connectivity index (χ4v) is 2.90. The van der Waals surface area contributed by atoms with Crippen LogP contribution in [0.2, 0.25) is 0 Å². The summed E-state index contributed by atoms with van der Waals surface area (Å²) in [6, 6.07) is 6.68. The normalized spacial score (nSPS) is 13.3. The molecule has 108 valence electrons. The predicted molar refractivity (Wildman–Crippen MR) is 74.4 cm³/mol. The summed E-state index contributed by atoms with van der Waals surface area (Å²) in [5, 5.41) is 9.99. The molecule has 0 bridgehead atoms. The van der Waals surface area contributed by atoms with Crippen molar-refractivity contribution in [1.29, 1.82) is 0 Å². The zero-order valence-corrected chi connectivity index (χ0v) is 11.9. The molecule has 0 aromatic carbocycles. The number of pyridine rings is 1. The minimum absolute atomic E-state index is 0.119. The van der Waals surface area contributed by atoms with E-state index in [2.05, 4.69) is 9.71 Å². The number of hydrogen-bond donors (Lipinski definition) is 2. The molecule has 7 heteroatoms. The molecule has 6 nitrogen and oxygen atoms in total. The van der Waals surface area contributed by atoms with Gasteiger partial charge >= 0.3 is 0 Å². The molecule has 1 atom stereocenters. The number of rotatable bonds is 6. The van der Waals surface area contributed by atoms with Crippen LogP contribution in [0, 0.1) is 0 Å². The monoisotopic (exact) mass is 295 g/mol. The van der Waals surface area contributed by atoms with Crippen LogP contribution in [0.5, 0.6) is 0 Å². The lowest BCUT2D eigenvalue weighted by Crippen LogP contribution is -2.26. The third kappa shape index (κ3) is 3.44. The van der Waals surface area contributed by atoms with Crippen LogP contribution < -0.4 is 4.72 Å². The van der Waals surface area contributed by atoms with Gasteiger partial charge in [0.2, 0.25) is 10.0 Å². The summed E-state index contributed by atoms with van der Waals surface area (Å²) in [5.74, 6) is 0. The highest BCUT2D eigenvalue weighted by Gasteiger charge is 2.15. The minimum Gasteiger partial charge on any atom is -0.387 e. The van der Waals surface area contributed by atoms with Gasteiger partial charge in [-0.15, -0.1) is 0 Å². The van der Waals surface area contributed by atoms with Crippen molar-refractivity contribution in [2.45, 2.75) is 17.4 Å². The standard InChI is InChI=1S/C13H17N3O3S/c1-16-9-3-5-12(16)13(17)6-8-15-20(18,19)11-4-2-7-14-10-11/h2-5,7,9-10,13,15,17H,6,8H2,1H3. The van der Waals surface area contributed by atoms with E-state index in [1.54, 1.807) is 16.7 Å². The Labute approximate surface area is 118 Å². The summed E-state index contributed by atoms with van der Waals surface area (Å²) in [4.78, 5) is 3.89. The van der Waals surface area contributed by atoms with E-state index >= 15 is 0 Å². The van der Waals surface area contributed by atoms with E-state index in [1.165, 1.54) is 18.5 Å². The van der Waals surface area contributed by atoms with Gasteiger partial charge in [0.1, 0.15) is 4.90 Å². The first-order chi connectivity index (χ1) is 9.50. The van der Waals surface area contributed by atoms with Gasteiger partial charge in [-0.05, 0) is 30.7 Å². The molecule has 0 radical (unpaired) electrons. The summed E-state index contributed by atoms with van der Waals surface area (Å²) in [6.45, 7) is 0.156. The van der Waals surface area contributed by atoms with E-state index in [0.717, 1.165) is 5.69 Å². The van der Waals surface area contributed by atoms with Crippen molar-refractivity contribution in [2.75, 3.05) is 6.54 Å². The van der Waals surface area contributed by atoms with Crippen LogP contribution in [-0.4, -0.2) is 29.6 Å². The molecule has 2 heterocycles. The van der Waals surface area contributed by atoms with Crippen molar-refractivity contribution >= 4 is 10.0 Å². The maximum Gasteiger partial charge on any atom is 0.242 e. The number of nitrogens with one attached hydrogen (secondary N) is 1. The summed E-state index contributed by atoms with van der Waals surface area (Å²) in [6.07, 6.45) is 4.23. The number of aryl methyl sites for hydroxylation is 1. The summed E-state index contributed by atoms with van der Waals surface area (Å²) < 4.78 is 28.1. The van der Waals surface area contributed by atoms with E-state index in [4.69, 9.17) is 0 Å². The highest BCUT2D eigenvalue weighted by atomic mass is 32.2. The van der Waals surface area contributed by atoms with Crippen LogP contribution in [0.1, 0.15) is 18.2 Å². The van der Waals surface area contributed by atoms with Crippen molar-refractivity contribution in [3.8, 4) is 0 Å². The molecule has 2 rings (SSSR count). The first-order valence-electron chi connectivity index (χ1n) is 6.20. The first-order valence-corrected chi connectivity index (χ1v) is 7.68. The Morgan fingerprint density at radius 1 is 1.40 bits per heavy atom. The Morgan fingerprint density at radius 2 is 2.20 bits per heavy atom. The minimum atomic E-state index is -3.57. The molecule has 2 aromatic heterocycles. The van der Waals surface area contributed by atoms with E-state index in [0.29, 0.717) is 6.42 Å². The molecule has 0 saturated heterocycles. The largest absolute Gasteiger partial charge is 0.387 e. The zero-order chi connectivity index (χ0) is 14.6. The lowest BCUT2D eigenvalue weighted by atomic mass is 10.2. The average molecular weight is 295 g/mol. The van der Waals surface area contributed by atoms with E-state index in [9.17, 15) is 13.5 Å².